The maximum Gasteiger partial charge on any atom is 0.320 e. The molecule has 1 aliphatic rings. The number of nitrogens with zero attached hydrogens (tertiary/aromatic N) is 2. The van der Waals surface area contributed by atoms with E-state index in [4.69, 9.17) is 9.47 Å². The molecule has 2 amide bonds. The zero-order chi connectivity index (χ0) is 12.8. The van der Waals surface area contributed by atoms with Gasteiger partial charge >= 0.3 is 6.03 Å². The lowest BCUT2D eigenvalue weighted by atomic mass is 10.1. The number of carbonyl (C=O) groups excluding carboxylic acids is 1. The highest BCUT2D eigenvalue weighted by molar-refractivity contribution is 5.76. The van der Waals surface area contributed by atoms with Crippen LogP contribution < -0.4 is 0 Å². The van der Waals surface area contributed by atoms with Crippen molar-refractivity contribution in [1.82, 2.24) is 9.80 Å². The number of methoxy groups -OCH3 is 2. The van der Waals surface area contributed by atoms with Crippen molar-refractivity contribution in [2.45, 2.75) is 20.0 Å². The van der Waals surface area contributed by atoms with Gasteiger partial charge < -0.3 is 19.3 Å². The molecule has 0 aromatic heterocycles. The summed E-state index contributed by atoms with van der Waals surface area (Å²) in [5.74, 6) is 0.417. The van der Waals surface area contributed by atoms with Gasteiger partial charge in [0.1, 0.15) is 0 Å². The van der Waals surface area contributed by atoms with Gasteiger partial charge in [-0.25, -0.2) is 4.79 Å². The Bertz CT molecular complexity index is 246. The van der Waals surface area contributed by atoms with Crippen LogP contribution >= 0.6 is 0 Å². The van der Waals surface area contributed by atoms with Crippen LogP contribution in [0.4, 0.5) is 4.79 Å². The average Bonchev–Trinajstić information content (AvgIpc) is 2.64. The van der Waals surface area contributed by atoms with Crippen molar-refractivity contribution in [1.29, 1.82) is 0 Å². The van der Waals surface area contributed by atoms with E-state index in [1.54, 1.807) is 14.2 Å². The van der Waals surface area contributed by atoms with E-state index in [-0.39, 0.29) is 12.1 Å². The van der Waals surface area contributed by atoms with Gasteiger partial charge in [0.25, 0.3) is 0 Å². The average molecular weight is 244 g/mol. The van der Waals surface area contributed by atoms with Gasteiger partial charge in [0.15, 0.2) is 0 Å². The molecule has 1 aliphatic heterocycles. The quantitative estimate of drug-likeness (QED) is 0.672. The Balaban J connectivity index is 2.43. The zero-order valence-corrected chi connectivity index (χ0v) is 11.3. The summed E-state index contributed by atoms with van der Waals surface area (Å²) in [4.78, 5) is 15.7. The van der Waals surface area contributed by atoms with Crippen molar-refractivity contribution < 1.29 is 14.3 Å². The summed E-state index contributed by atoms with van der Waals surface area (Å²) in [6, 6.07) is 0.102. The van der Waals surface area contributed by atoms with Crippen LogP contribution in [-0.2, 0) is 9.47 Å². The van der Waals surface area contributed by atoms with E-state index in [2.05, 4.69) is 13.8 Å². The molecule has 0 bridgehead atoms. The molecular formula is C12H24N2O3. The van der Waals surface area contributed by atoms with Gasteiger partial charge in [0.2, 0.25) is 0 Å². The molecule has 100 valence electrons. The lowest BCUT2D eigenvalue weighted by Gasteiger charge is -2.25. The van der Waals surface area contributed by atoms with Gasteiger partial charge in [-0.2, -0.15) is 0 Å². The highest BCUT2D eigenvalue weighted by Crippen LogP contribution is 2.13. The number of rotatable bonds is 7. The van der Waals surface area contributed by atoms with Crippen LogP contribution in [0.2, 0.25) is 0 Å². The molecule has 0 spiro atoms. The van der Waals surface area contributed by atoms with Gasteiger partial charge in [-0.3, -0.25) is 0 Å². The molecule has 0 aliphatic carbocycles. The number of hydrogen-bond donors (Lipinski definition) is 0. The largest absolute Gasteiger partial charge is 0.383 e. The molecule has 5 nitrogen and oxygen atoms in total. The minimum absolute atomic E-state index is 0.102. The third-order valence-corrected chi connectivity index (χ3v) is 3.19. The first-order valence-electron chi connectivity index (χ1n) is 6.15. The van der Waals surface area contributed by atoms with E-state index in [9.17, 15) is 4.79 Å². The molecule has 5 heteroatoms. The minimum Gasteiger partial charge on any atom is -0.383 e. The molecule has 1 saturated heterocycles. The van der Waals surface area contributed by atoms with E-state index in [0.29, 0.717) is 25.6 Å². The third kappa shape index (κ3) is 3.85. The van der Waals surface area contributed by atoms with Crippen LogP contribution in [0.25, 0.3) is 0 Å². The van der Waals surface area contributed by atoms with Crippen LogP contribution in [0.3, 0.4) is 0 Å². The second-order valence-electron chi connectivity index (χ2n) is 4.73. The van der Waals surface area contributed by atoms with Crippen LogP contribution in [-0.4, -0.2) is 68.9 Å². The fraction of sp³-hybridized carbons (Fsp3) is 0.917. The first-order chi connectivity index (χ1) is 8.10. The number of amides is 2. The Kier molecular flexibility index (Phi) is 5.71. The van der Waals surface area contributed by atoms with Gasteiger partial charge in [0.05, 0.1) is 12.7 Å². The maximum absolute atomic E-state index is 12.0. The molecule has 1 rings (SSSR count). The number of hydrogen-bond acceptors (Lipinski definition) is 3. The van der Waals surface area contributed by atoms with Gasteiger partial charge in [-0.05, 0) is 5.92 Å². The predicted octanol–water partition coefficient (Wildman–Crippen LogP) is 1.04. The van der Waals surface area contributed by atoms with E-state index in [1.807, 2.05) is 9.80 Å². The molecule has 1 atom stereocenters. The molecule has 17 heavy (non-hydrogen) atoms. The standard InChI is InChI=1S/C12H24N2O3/c1-10(2)11(17-4)9-14-6-5-13(12(14)15)7-8-16-3/h10-11H,5-9H2,1-4H3. The van der Waals surface area contributed by atoms with Crippen molar-refractivity contribution in [3.05, 3.63) is 0 Å². The van der Waals surface area contributed by atoms with Crippen LogP contribution in [0.5, 0.6) is 0 Å². The summed E-state index contributed by atoms with van der Waals surface area (Å²) < 4.78 is 10.4. The van der Waals surface area contributed by atoms with Crippen LogP contribution in [0, 0.1) is 5.92 Å². The molecule has 0 aromatic rings. The monoisotopic (exact) mass is 244 g/mol. The lowest BCUT2D eigenvalue weighted by molar-refractivity contribution is 0.0440. The summed E-state index contributed by atoms with van der Waals surface area (Å²) in [6.07, 6.45) is 0.112. The van der Waals surface area contributed by atoms with Crippen molar-refractivity contribution >= 4 is 6.03 Å². The Morgan fingerprint density at radius 1 is 1.24 bits per heavy atom. The lowest BCUT2D eigenvalue weighted by Crippen LogP contribution is -2.40. The number of urea groups is 1. The van der Waals surface area contributed by atoms with Crippen LogP contribution in [0.1, 0.15) is 13.8 Å². The van der Waals surface area contributed by atoms with Crippen LogP contribution in [0.15, 0.2) is 0 Å². The highest BCUT2D eigenvalue weighted by atomic mass is 16.5. The predicted molar refractivity (Wildman–Crippen MR) is 66.1 cm³/mol. The van der Waals surface area contributed by atoms with Crippen molar-refractivity contribution in [2.75, 3.05) is 47.0 Å². The Morgan fingerprint density at radius 2 is 1.88 bits per heavy atom. The molecule has 1 fully saturated rings. The normalized spacial score (nSPS) is 18.3. The summed E-state index contributed by atoms with van der Waals surface area (Å²) in [6.45, 7) is 7.74. The summed E-state index contributed by atoms with van der Waals surface area (Å²) >= 11 is 0. The van der Waals surface area contributed by atoms with Crippen molar-refractivity contribution in [2.24, 2.45) is 5.92 Å². The van der Waals surface area contributed by atoms with Crippen molar-refractivity contribution in [3.63, 3.8) is 0 Å². The fourth-order valence-corrected chi connectivity index (χ4v) is 1.99. The molecule has 0 saturated carbocycles. The van der Waals surface area contributed by atoms with Gasteiger partial charge in [-0.15, -0.1) is 0 Å². The SMILES string of the molecule is COCCN1CCN(CC(OC)C(C)C)C1=O. The van der Waals surface area contributed by atoms with E-state index in [1.165, 1.54) is 0 Å². The summed E-state index contributed by atoms with van der Waals surface area (Å²) in [7, 11) is 3.35. The maximum atomic E-state index is 12.0. The first kappa shape index (κ1) is 14.3. The zero-order valence-electron chi connectivity index (χ0n) is 11.3. The second-order valence-corrected chi connectivity index (χ2v) is 4.73. The third-order valence-electron chi connectivity index (χ3n) is 3.19. The Labute approximate surface area is 104 Å². The highest BCUT2D eigenvalue weighted by Gasteiger charge is 2.30. The minimum atomic E-state index is 0.102. The molecular weight excluding hydrogens is 220 g/mol. The fourth-order valence-electron chi connectivity index (χ4n) is 1.99. The summed E-state index contributed by atoms with van der Waals surface area (Å²) in [5, 5.41) is 0. The summed E-state index contributed by atoms with van der Waals surface area (Å²) in [5.41, 5.74) is 0. The van der Waals surface area contributed by atoms with Crippen molar-refractivity contribution in [3.8, 4) is 0 Å². The number of ether oxygens (including phenoxy) is 2. The molecule has 0 aromatic carbocycles. The van der Waals surface area contributed by atoms with Gasteiger partial charge in [-0.1, -0.05) is 13.8 Å². The van der Waals surface area contributed by atoms with E-state index < -0.39 is 0 Å². The Hall–Kier alpha value is -0.810. The molecule has 0 radical (unpaired) electrons. The molecule has 1 unspecified atom stereocenters. The molecule has 1 heterocycles. The second kappa shape index (κ2) is 6.81. The smallest absolute Gasteiger partial charge is 0.320 e. The first-order valence-corrected chi connectivity index (χ1v) is 6.15. The Morgan fingerprint density at radius 3 is 2.41 bits per heavy atom. The number of carbonyl (C=O) groups is 1. The van der Waals surface area contributed by atoms with E-state index in [0.717, 1.165) is 13.1 Å². The van der Waals surface area contributed by atoms with E-state index >= 15 is 0 Å². The molecule has 0 N–H and O–H groups in total. The van der Waals surface area contributed by atoms with Gasteiger partial charge in [0, 0.05) is 40.4 Å². The topological polar surface area (TPSA) is 42.0 Å².